The van der Waals surface area contributed by atoms with Crippen molar-refractivity contribution in [1.82, 2.24) is 0 Å². The molecule has 0 N–H and O–H groups in total. The van der Waals surface area contributed by atoms with Crippen LogP contribution in [0.3, 0.4) is 0 Å². The molecule has 1 aromatic rings. The first-order chi connectivity index (χ1) is 11.9. The zero-order valence-corrected chi connectivity index (χ0v) is 19.7. The number of rotatable bonds is 3. The van der Waals surface area contributed by atoms with E-state index in [9.17, 15) is 0 Å². The molecule has 0 unspecified atom stereocenters. The Labute approximate surface area is 163 Å². The molecule has 4 saturated carbocycles. The summed E-state index contributed by atoms with van der Waals surface area (Å²) in [5.41, 5.74) is 1.62. The van der Waals surface area contributed by atoms with E-state index in [4.69, 9.17) is 11.6 Å². The molecule has 0 aromatic heterocycles. The third-order valence-corrected chi connectivity index (χ3v) is 17.1. The Hall–Kier alpha value is 0.309. The molecule has 25 heavy (non-hydrogen) atoms. The molecule has 4 aliphatic rings. The van der Waals surface area contributed by atoms with Gasteiger partial charge in [-0.25, -0.2) is 0 Å². The van der Waals surface area contributed by atoms with Crippen molar-refractivity contribution < 1.29 is 0 Å². The normalized spacial score (nSPS) is 45.4. The molecule has 0 amide bonds. The summed E-state index contributed by atoms with van der Waals surface area (Å²) in [6.45, 7) is 0. The molecular formula is C23H33ClSn. The predicted octanol–water partition coefficient (Wildman–Crippen LogP) is 7.22. The van der Waals surface area contributed by atoms with Gasteiger partial charge in [0.2, 0.25) is 0 Å². The van der Waals surface area contributed by atoms with Crippen molar-refractivity contribution in [3.05, 3.63) is 34.9 Å². The molecule has 0 spiro atoms. The van der Waals surface area contributed by atoms with Crippen LogP contribution in [0.25, 0.3) is 0 Å². The molecule has 0 heterocycles. The minimum atomic E-state index is -1.90. The Morgan fingerprint density at radius 1 is 0.760 bits per heavy atom. The Bertz CT molecular complexity index is 645. The third kappa shape index (κ3) is 2.75. The van der Waals surface area contributed by atoms with Crippen LogP contribution in [0.2, 0.25) is 23.8 Å². The number of benzene rings is 1. The summed E-state index contributed by atoms with van der Waals surface area (Å²) in [7, 11) is 0. The van der Waals surface area contributed by atoms with Gasteiger partial charge in [-0.05, 0) is 0 Å². The zero-order chi connectivity index (χ0) is 17.3. The van der Waals surface area contributed by atoms with Crippen LogP contribution < -0.4 is 0 Å². The topological polar surface area (TPSA) is 0 Å². The quantitative estimate of drug-likeness (QED) is 0.415. The summed E-state index contributed by atoms with van der Waals surface area (Å²) in [6, 6.07) is 9.01. The number of hydrogen-bond acceptors (Lipinski definition) is 0. The molecule has 8 atom stereocenters. The van der Waals surface area contributed by atoms with Crippen molar-refractivity contribution in [2.24, 2.45) is 35.5 Å². The van der Waals surface area contributed by atoms with Crippen molar-refractivity contribution in [2.45, 2.75) is 63.2 Å². The molecule has 4 aliphatic carbocycles. The first-order valence-electron chi connectivity index (χ1n) is 10.7. The summed E-state index contributed by atoms with van der Waals surface area (Å²) in [5.74, 6) is 7.09. The maximum atomic E-state index is 6.20. The van der Waals surface area contributed by atoms with Crippen LogP contribution in [-0.2, 0) is 0 Å². The van der Waals surface area contributed by atoms with Gasteiger partial charge in [0.15, 0.2) is 0 Å². The van der Waals surface area contributed by atoms with E-state index >= 15 is 0 Å². The second-order valence-corrected chi connectivity index (χ2v) is 26.6. The summed E-state index contributed by atoms with van der Waals surface area (Å²) in [6.07, 6.45) is 9.24. The summed E-state index contributed by atoms with van der Waals surface area (Å²) < 4.78 is 1.16. The molecule has 4 fully saturated rings. The van der Waals surface area contributed by atoms with Crippen LogP contribution in [0.1, 0.15) is 50.0 Å². The SMILES string of the molecule is [CH3][Sn]([CH3])([CH3])[C@H]1[C@@H]2CC[C@@H](C2)[C@H]1[C@@H]1[C@H]2CC[C@H](C2)[C@@H]1c1ccc(Cl)cc1. The minimum absolute atomic E-state index is 0.844. The molecule has 2 heteroatoms. The Balaban J connectivity index is 1.53. The molecule has 0 nitrogen and oxygen atoms in total. The van der Waals surface area contributed by atoms with E-state index in [0.717, 1.165) is 50.4 Å². The third-order valence-electron chi connectivity index (χ3n) is 8.66. The fourth-order valence-corrected chi connectivity index (χ4v) is 18.0. The van der Waals surface area contributed by atoms with Crippen LogP contribution in [0.4, 0.5) is 0 Å². The van der Waals surface area contributed by atoms with Gasteiger partial charge in [0.25, 0.3) is 0 Å². The number of halogens is 1. The molecule has 0 aliphatic heterocycles. The van der Waals surface area contributed by atoms with Crippen LogP contribution in [0, 0.1) is 35.5 Å². The average Bonchev–Trinajstić information content (AvgIpc) is 3.33. The molecular weight excluding hydrogens is 430 g/mol. The second-order valence-electron chi connectivity index (χ2n) is 10.8. The summed E-state index contributed by atoms with van der Waals surface area (Å²) >= 11 is 4.31. The first kappa shape index (κ1) is 17.4. The molecule has 4 bridgehead atoms. The Kier molecular flexibility index (Phi) is 4.29. The van der Waals surface area contributed by atoms with E-state index in [1.165, 1.54) is 19.3 Å². The number of hydrogen-bond donors (Lipinski definition) is 0. The van der Waals surface area contributed by atoms with Crippen LogP contribution in [-0.4, -0.2) is 18.4 Å². The zero-order valence-electron chi connectivity index (χ0n) is 16.0. The van der Waals surface area contributed by atoms with Gasteiger partial charge in [0.05, 0.1) is 0 Å². The van der Waals surface area contributed by atoms with E-state index in [1.807, 2.05) is 0 Å². The Morgan fingerprint density at radius 2 is 1.32 bits per heavy atom. The van der Waals surface area contributed by atoms with Gasteiger partial charge in [-0.1, -0.05) is 0 Å². The van der Waals surface area contributed by atoms with Crippen molar-refractivity contribution in [1.29, 1.82) is 0 Å². The maximum absolute atomic E-state index is 6.20. The fraction of sp³-hybridized carbons (Fsp3) is 0.739. The van der Waals surface area contributed by atoms with Gasteiger partial charge in [-0.2, -0.15) is 0 Å². The van der Waals surface area contributed by atoms with Crippen molar-refractivity contribution in [3.8, 4) is 0 Å². The van der Waals surface area contributed by atoms with E-state index in [-0.39, 0.29) is 0 Å². The van der Waals surface area contributed by atoms with Crippen LogP contribution in [0.15, 0.2) is 24.3 Å². The molecule has 0 saturated heterocycles. The summed E-state index contributed by atoms with van der Waals surface area (Å²) in [4.78, 5) is 8.20. The van der Waals surface area contributed by atoms with E-state index < -0.39 is 18.4 Å². The van der Waals surface area contributed by atoms with Gasteiger partial charge < -0.3 is 0 Å². The molecule has 136 valence electrons. The summed E-state index contributed by atoms with van der Waals surface area (Å²) in [5, 5.41) is 0.896. The second kappa shape index (κ2) is 6.16. The predicted molar refractivity (Wildman–Crippen MR) is 110 cm³/mol. The Morgan fingerprint density at radius 3 is 2.00 bits per heavy atom. The monoisotopic (exact) mass is 464 g/mol. The standard InChI is InChI=1S/C20H24Cl.3CH3.Sn/c21-17-7-5-13(6-8-17)19-15-3-4-16(11-15)20(19)18-10-12-1-2-14(18)9-12;;;;/h5-8,10,12,14-16,18-20H,1-4,9,11H2;3*1H3;/t12-,14+,15-,16+,18+,19+,20+;;;;/m1..../s1. The van der Waals surface area contributed by atoms with Crippen molar-refractivity contribution in [3.63, 3.8) is 0 Å². The molecule has 0 radical (unpaired) electrons. The van der Waals surface area contributed by atoms with Gasteiger partial charge >= 0.3 is 164 Å². The molecule has 5 rings (SSSR count). The van der Waals surface area contributed by atoms with E-state index in [0.29, 0.717) is 0 Å². The van der Waals surface area contributed by atoms with Crippen LogP contribution in [0.5, 0.6) is 0 Å². The van der Waals surface area contributed by atoms with Crippen molar-refractivity contribution >= 4 is 30.0 Å². The molecule has 1 aromatic carbocycles. The van der Waals surface area contributed by atoms with Gasteiger partial charge in [-0.3, -0.25) is 0 Å². The van der Waals surface area contributed by atoms with E-state index in [2.05, 4.69) is 39.1 Å². The van der Waals surface area contributed by atoms with Crippen molar-refractivity contribution in [2.75, 3.05) is 0 Å². The number of fused-ring (bicyclic) bond motifs is 4. The fourth-order valence-electron chi connectivity index (χ4n) is 8.24. The first-order valence-corrected chi connectivity index (χ1v) is 21.3. The van der Waals surface area contributed by atoms with Gasteiger partial charge in [0.1, 0.15) is 0 Å². The van der Waals surface area contributed by atoms with Gasteiger partial charge in [-0.15, -0.1) is 0 Å². The van der Waals surface area contributed by atoms with Gasteiger partial charge in [0, 0.05) is 0 Å². The average molecular weight is 464 g/mol. The van der Waals surface area contributed by atoms with Crippen LogP contribution >= 0.6 is 11.6 Å². The van der Waals surface area contributed by atoms with E-state index in [1.54, 1.807) is 24.8 Å².